The number of hydrogen-bond acceptors (Lipinski definition) is 4. The van der Waals surface area contributed by atoms with Crippen LogP contribution in [0.15, 0.2) is 12.5 Å². The summed E-state index contributed by atoms with van der Waals surface area (Å²) in [6.45, 7) is 4.27. The molecule has 21 heavy (non-hydrogen) atoms. The molecule has 0 aliphatic carbocycles. The fourth-order valence-electron chi connectivity index (χ4n) is 3.11. The molecule has 2 rings (SSSR count). The average molecular weight is 314 g/mol. The topological polar surface area (TPSA) is 67.2 Å². The third kappa shape index (κ3) is 4.28. The molecule has 2 heterocycles. The van der Waals surface area contributed by atoms with E-state index < -0.39 is 10.0 Å². The fourth-order valence-corrected chi connectivity index (χ4v) is 4.05. The zero-order chi connectivity index (χ0) is 15.5. The van der Waals surface area contributed by atoms with Crippen LogP contribution >= 0.6 is 0 Å². The number of aryl methyl sites for hydroxylation is 1. The predicted molar refractivity (Wildman–Crippen MR) is 83.4 cm³/mol. The van der Waals surface area contributed by atoms with Crippen molar-refractivity contribution in [1.29, 1.82) is 0 Å². The van der Waals surface area contributed by atoms with E-state index in [1.165, 1.54) is 6.26 Å². The first-order chi connectivity index (χ1) is 9.91. The van der Waals surface area contributed by atoms with E-state index in [-0.39, 0.29) is 6.04 Å². The minimum absolute atomic E-state index is 0.229. The Kier molecular flexibility index (Phi) is 5.40. The highest BCUT2D eigenvalue weighted by Crippen LogP contribution is 2.28. The van der Waals surface area contributed by atoms with Gasteiger partial charge in [-0.2, -0.15) is 0 Å². The maximum absolute atomic E-state index is 11.7. The molecule has 0 radical (unpaired) electrons. The molecule has 120 valence electrons. The molecule has 1 aliphatic rings. The van der Waals surface area contributed by atoms with Crippen molar-refractivity contribution >= 4 is 10.0 Å². The van der Waals surface area contributed by atoms with Gasteiger partial charge in [0.1, 0.15) is 0 Å². The summed E-state index contributed by atoms with van der Waals surface area (Å²) in [5.74, 6) is 0.396. The first-order valence-electron chi connectivity index (χ1n) is 7.56. The Hall–Kier alpha value is -0.920. The van der Waals surface area contributed by atoms with Crippen LogP contribution in [0.5, 0.6) is 0 Å². The van der Waals surface area contributed by atoms with E-state index in [4.69, 9.17) is 0 Å². The molecule has 0 bridgehead atoms. The number of rotatable bonds is 6. The number of aromatic nitrogens is 2. The van der Waals surface area contributed by atoms with Crippen LogP contribution in [-0.2, 0) is 17.1 Å². The summed E-state index contributed by atoms with van der Waals surface area (Å²) < 4.78 is 27.1. The Bertz CT molecular complexity index is 555. The van der Waals surface area contributed by atoms with Crippen molar-refractivity contribution in [1.82, 2.24) is 19.2 Å². The van der Waals surface area contributed by atoms with Gasteiger partial charge in [0, 0.05) is 32.4 Å². The lowest BCUT2D eigenvalue weighted by Crippen LogP contribution is -2.40. The minimum atomic E-state index is -3.07. The molecule has 1 fully saturated rings. The van der Waals surface area contributed by atoms with Crippen LogP contribution in [0, 0.1) is 5.92 Å². The van der Waals surface area contributed by atoms with Crippen LogP contribution in [0.2, 0.25) is 0 Å². The Morgan fingerprint density at radius 1 is 1.52 bits per heavy atom. The highest BCUT2D eigenvalue weighted by molar-refractivity contribution is 7.88. The third-order valence-corrected chi connectivity index (χ3v) is 5.45. The Balaban J connectivity index is 2.05. The van der Waals surface area contributed by atoms with Crippen molar-refractivity contribution in [2.24, 2.45) is 13.0 Å². The maximum atomic E-state index is 11.7. The molecule has 0 aromatic carbocycles. The molecule has 2 unspecified atom stereocenters. The van der Waals surface area contributed by atoms with Gasteiger partial charge in [-0.3, -0.25) is 0 Å². The molecule has 0 saturated carbocycles. The normalized spacial score (nSPS) is 22.3. The summed E-state index contributed by atoms with van der Waals surface area (Å²) in [7, 11) is -1.08. The second kappa shape index (κ2) is 6.89. The van der Waals surface area contributed by atoms with E-state index in [0.29, 0.717) is 19.0 Å². The monoisotopic (exact) mass is 314 g/mol. The number of nitrogens with zero attached hydrogens (tertiary/aromatic N) is 3. The lowest BCUT2D eigenvalue weighted by atomic mass is 9.91. The van der Waals surface area contributed by atoms with E-state index >= 15 is 0 Å². The average Bonchev–Trinajstić information content (AvgIpc) is 2.84. The van der Waals surface area contributed by atoms with E-state index in [9.17, 15) is 8.42 Å². The fraction of sp³-hybridized carbons (Fsp3) is 0.786. The molecule has 7 heteroatoms. The molecule has 1 aliphatic heterocycles. The van der Waals surface area contributed by atoms with Gasteiger partial charge in [0.15, 0.2) is 0 Å². The molecule has 0 spiro atoms. The van der Waals surface area contributed by atoms with Crippen molar-refractivity contribution in [3.8, 4) is 0 Å². The van der Waals surface area contributed by atoms with E-state index in [1.54, 1.807) is 4.31 Å². The van der Waals surface area contributed by atoms with Gasteiger partial charge in [-0.25, -0.2) is 17.7 Å². The number of hydrogen-bond donors (Lipinski definition) is 1. The lowest BCUT2D eigenvalue weighted by Gasteiger charge is -2.33. The van der Waals surface area contributed by atoms with Crippen LogP contribution < -0.4 is 5.32 Å². The quantitative estimate of drug-likeness (QED) is 0.855. The van der Waals surface area contributed by atoms with E-state index in [0.717, 1.165) is 31.5 Å². The van der Waals surface area contributed by atoms with Gasteiger partial charge in [0.05, 0.1) is 18.3 Å². The van der Waals surface area contributed by atoms with Crippen LogP contribution in [0.4, 0.5) is 0 Å². The number of imidazole rings is 1. The van der Waals surface area contributed by atoms with Crippen LogP contribution in [-0.4, -0.2) is 48.2 Å². The molecular weight excluding hydrogens is 288 g/mol. The number of nitrogens with one attached hydrogen (secondary N) is 1. The van der Waals surface area contributed by atoms with E-state index in [2.05, 4.69) is 17.2 Å². The van der Waals surface area contributed by atoms with Gasteiger partial charge in [-0.05, 0) is 31.7 Å². The van der Waals surface area contributed by atoms with Crippen molar-refractivity contribution in [2.45, 2.75) is 32.2 Å². The summed E-state index contributed by atoms with van der Waals surface area (Å²) in [4.78, 5) is 4.19. The van der Waals surface area contributed by atoms with Gasteiger partial charge in [0.2, 0.25) is 10.0 Å². The third-order valence-electron chi connectivity index (χ3n) is 4.18. The number of piperidine rings is 1. The van der Waals surface area contributed by atoms with Gasteiger partial charge in [-0.15, -0.1) is 0 Å². The van der Waals surface area contributed by atoms with Gasteiger partial charge < -0.3 is 9.88 Å². The Labute approximate surface area is 127 Å². The standard InChI is InChI=1S/C14H26N4O2S/c1-4-16-13(14-9-15-11-17(14)2)8-12-6-5-7-18(10-12)21(3,19)20/h9,11-13,16H,4-8,10H2,1-3H3. The minimum Gasteiger partial charge on any atom is -0.336 e. The molecule has 1 N–H and O–H groups in total. The van der Waals surface area contributed by atoms with Gasteiger partial charge in [-0.1, -0.05) is 6.92 Å². The molecule has 2 atom stereocenters. The second-order valence-electron chi connectivity index (χ2n) is 5.90. The van der Waals surface area contributed by atoms with Crippen molar-refractivity contribution < 1.29 is 8.42 Å². The van der Waals surface area contributed by atoms with Crippen molar-refractivity contribution in [2.75, 3.05) is 25.9 Å². The molecule has 1 aromatic heterocycles. The first kappa shape index (κ1) is 16.5. The summed E-state index contributed by atoms with van der Waals surface area (Å²) >= 11 is 0. The summed E-state index contributed by atoms with van der Waals surface area (Å²) in [5, 5.41) is 3.50. The van der Waals surface area contributed by atoms with Gasteiger partial charge in [0.25, 0.3) is 0 Å². The summed E-state index contributed by atoms with van der Waals surface area (Å²) in [5.41, 5.74) is 1.16. The Morgan fingerprint density at radius 3 is 2.86 bits per heavy atom. The first-order valence-corrected chi connectivity index (χ1v) is 9.41. The Morgan fingerprint density at radius 2 is 2.29 bits per heavy atom. The zero-order valence-electron chi connectivity index (χ0n) is 13.1. The molecule has 6 nitrogen and oxygen atoms in total. The molecule has 1 aromatic rings. The highest BCUT2D eigenvalue weighted by atomic mass is 32.2. The van der Waals surface area contributed by atoms with Gasteiger partial charge >= 0.3 is 0 Å². The van der Waals surface area contributed by atoms with Crippen LogP contribution in [0.25, 0.3) is 0 Å². The zero-order valence-corrected chi connectivity index (χ0v) is 13.9. The van der Waals surface area contributed by atoms with Crippen molar-refractivity contribution in [3.05, 3.63) is 18.2 Å². The second-order valence-corrected chi connectivity index (χ2v) is 7.89. The summed E-state index contributed by atoms with van der Waals surface area (Å²) in [6, 6.07) is 0.229. The smallest absolute Gasteiger partial charge is 0.211 e. The van der Waals surface area contributed by atoms with Crippen molar-refractivity contribution in [3.63, 3.8) is 0 Å². The van der Waals surface area contributed by atoms with Crippen LogP contribution in [0.1, 0.15) is 37.9 Å². The SMILES string of the molecule is CCNC(CC1CCCN(S(C)(=O)=O)C1)c1cncn1C. The molecule has 0 amide bonds. The van der Waals surface area contributed by atoms with Crippen LogP contribution in [0.3, 0.4) is 0 Å². The van der Waals surface area contributed by atoms with E-state index in [1.807, 2.05) is 24.1 Å². The molecule has 1 saturated heterocycles. The number of sulfonamides is 1. The predicted octanol–water partition coefficient (Wildman–Crippen LogP) is 1.13. The summed E-state index contributed by atoms with van der Waals surface area (Å²) in [6.07, 6.45) is 7.99. The lowest BCUT2D eigenvalue weighted by molar-refractivity contribution is 0.237. The highest BCUT2D eigenvalue weighted by Gasteiger charge is 2.28. The largest absolute Gasteiger partial charge is 0.336 e. The molecular formula is C14H26N4O2S. The maximum Gasteiger partial charge on any atom is 0.211 e.